The van der Waals surface area contributed by atoms with Crippen LogP contribution in [0.2, 0.25) is 0 Å². The molecule has 0 saturated heterocycles. The molecule has 1 aromatic carbocycles. The summed E-state index contributed by atoms with van der Waals surface area (Å²) in [5.41, 5.74) is 4.55. The molecule has 3 nitrogen and oxygen atoms in total. The molecule has 0 amide bonds. The molecule has 2 aromatic rings. The molecule has 4 heteroatoms. The van der Waals surface area contributed by atoms with E-state index in [0.717, 1.165) is 17.8 Å². The Hall–Kier alpha value is -1.68. The molecular weight excluding hydrogens is 241 g/mol. The van der Waals surface area contributed by atoms with Gasteiger partial charge in [-0.05, 0) is 38.5 Å². The lowest BCUT2D eigenvalue weighted by Gasteiger charge is -2.14. The summed E-state index contributed by atoms with van der Waals surface area (Å²) in [6, 6.07) is 6.80. The summed E-state index contributed by atoms with van der Waals surface area (Å²) in [5.74, 6) is -0.199. The lowest BCUT2D eigenvalue weighted by atomic mass is 10.1. The van der Waals surface area contributed by atoms with E-state index in [1.165, 1.54) is 23.4 Å². The second-order valence-corrected chi connectivity index (χ2v) is 4.93. The molecule has 1 N–H and O–H groups in total. The first-order valence-corrected chi connectivity index (χ1v) is 6.47. The van der Waals surface area contributed by atoms with Crippen LogP contribution in [-0.4, -0.2) is 9.78 Å². The van der Waals surface area contributed by atoms with E-state index in [1.54, 1.807) is 0 Å². The zero-order valence-electron chi connectivity index (χ0n) is 11.9. The molecular formula is C15H20FN3. The van der Waals surface area contributed by atoms with Gasteiger partial charge >= 0.3 is 0 Å². The molecule has 1 atom stereocenters. The van der Waals surface area contributed by atoms with Crippen LogP contribution in [0.15, 0.2) is 24.3 Å². The van der Waals surface area contributed by atoms with Gasteiger partial charge < -0.3 is 5.32 Å². The Labute approximate surface area is 113 Å². The number of halogens is 1. The predicted octanol–water partition coefficient (Wildman–Crippen LogP) is 3.03. The summed E-state index contributed by atoms with van der Waals surface area (Å²) in [5, 5.41) is 7.85. The summed E-state index contributed by atoms with van der Waals surface area (Å²) >= 11 is 0. The molecule has 19 heavy (non-hydrogen) atoms. The molecule has 0 fully saturated rings. The van der Waals surface area contributed by atoms with Crippen molar-refractivity contribution < 1.29 is 4.39 Å². The zero-order valence-corrected chi connectivity index (χ0v) is 11.9. The van der Waals surface area contributed by atoms with Gasteiger partial charge in [0.25, 0.3) is 0 Å². The molecule has 0 saturated carbocycles. The van der Waals surface area contributed by atoms with Crippen molar-refractivity contribution in [3.05, 3.63) is 52.6 Å². The fraction of sp³-hybridized carbons (Fsp3) is 0.400. The van der Waals surface area contributed by atoms with Crippen LogP contribution in [0.3, 0.4) is 0 Å². The van der Waals surface area contributed by atoms with E-state index >= 15 is 0 Å². The van der Waals surface area contributed by atoms with E-state index in [0.29, 0.717) is 0 Å². The van der Waals surface area contributed by atoms with E-state index < -0.39 is 0 Å². The number of aromatic nitrogens is 2. The van der Waals surface area contributed by atoms with Gasteiger partial charge in [0.1, 0.15) is 5.82 Å². The van der Waals surface area contributed by atoms with Gasteiger partial charge in [0, 0.05) is 30.9 Å². The summed E-state index contributed by atoms with van der Waals surface area (Å²) in [7, 11) is 1.95. The maximum absolute atomic E-state index is 12.9. The topological polar surface area (TPSA) is 29.9 Å². The van der Waals surface area contributed by atoms with Gasteiger partial charge in [-0.1, -0.05) is 12.1 Å². The van der Waals surface area contributed by atoms with Crippen LogP contribution in [-0.2, 0) is 13.6 Å². The standard InChI is InChI=1S/C15H20FN3/c1-10(13-5-7-14(16)8-6-13)17-9-15-11(2)18-19(4)12(15)3/h5-8,10,17H,9H2,1-4H3/t10-/m0/s1. The first kappa shape index (κ1) is 13.7. The lowest BCUT2D eigenvalue weighted by molar-refractivity contribution is 0.568. The number of aryl methyl sites for hydroxylation is 2. The monoisotopic (exact) mass is 261 g/mol. The Kier molecular flexibility index (Phi) is 4.00. The fourth-order valence-electron chi connectivity index (χ4n) is 2.20. The van der Waals surface area contributed by atoms with Crippen molar-refractivity contribution in [2.45, 2.75) is 33.4 Å². The van der Waals surface area contributed by atoms with Crippen molar-refractivity contribution in [1.82, 2.24) is 15.1 Å². The number of rotatable bonds is 4. The summed E-state index contributed by atoms with van der Waals surface area (Å²) in [6.45, 7) is 6.93. The van der Waals surface area contributed by atoms with E-state index in [4.69, 9.17) is 0 Å². The molecule has 0 bridgehead atoms. The second-order valence-electron chi connectivity index (χ2n) is 4.93. The molecule has 2 rings (SSSR count). The molecule has 0 aliphatic heterocycles. The Morgan fingerprint density at radius 1 is 1.26 bits per heavy atom. The molecule has 0 aliphatic carbocycles. The molecule has 0 unspecified atom stereocenters. The van der Waals surface area contributed by atoms with Crippen molar-refractivity contribution in [1.29, 1.82) is 0 Å². The molecule has 102 valence electrons. The zero-order chi connectivity index (χ0) is 14.0. The van der Waals surface area contributed by atoms with E-state index in [2.05, 4.69) is 24.3 Å². The minimum atomic E-state index is -0.199. The Morgan fingerprint density at radius 3 is 2.42 bits per heavy atom. The van der Waals surface area contributed by atoms with Crippen molar-refractivity contribution in [3.63, 3.8) is 0 Å². The highest BCUT2D eigenvalue weighted by molar-refractivity contribution is 5.25. The van der Waals surface area contributed by atoms with Gasteiger partial charge in [-0.3, -0.25) is 4.68 Å². The highest BCUT2D eigenvalue weighted by atomic mass is 19.1. The minimum Gasteiger partial charge on any atom is -0.306 e. The molecule has 1 aromatic heterocycles. The molecule has 1 heterocycles. The summed E-state index contributed by atoms with van der Waals surface area (Å²) < 4.78 is 14.8. The van der Waals surface area contributed by atoms with Crippen LogP contribution < -0.4 is 5.32 Å². The maximum Gasteiger partial charge on any atom is 0.123 e. The van der Waals surface area contributed by atoms with Gasteiger partial charge in [0.15, 0.2) is 0 Å². The van der Waals surface area contributed by atoms with Crippen LogP contribution in [0.4, 0.5) is 4.39 Å². The third-order valence-electron chi connectivity index (χ3n) is 3.61. The maximum atomic E-state index is 12.9. The quantitative estimate of drug-likeness (QED) is 0.916. The van der Waals surface area contributed by atoms with E-state index in [-0.39, 0.29) is 11.9 Å². The van der Waals surface area contributed by atoms with Gasteiger partial charge in [0.05, 0.1) is 5.69 Å². The van der Waals surface area contributed by atoms with Gasteiger partial charge in [-0.2, -0.15) is 5.10 Å². The summed E-state index contributed by atoms with van der Waals surface area (Å²) in [6.07, 6.45) is 0. The second kappa shape index (κ2) is 5.53. The fourth-order valence-corrected chi connectivity index (χ4v) is 2.20. The highest BCUT2D eigenvalue weighted by Crippen LogP contribution is 2.16. The number of nitrogens with zero attached hydrogens (tertiary/aromatic N) is 2. The number of nitrogens with one attached hydrogen (secondary N) is 1. The van der Waals surface area contributed by atoms with Gasteiger partial charge in [-0.15, -0.1) is 0 Å². The molecule has 0 radical (unpaired) electrons. The van der Waals surface area contributed by atoms with Crippen molar-refractivity contribution >= 4 is 0 Å². The third kappa shape index (κ3) is 3.01. The molecule has 0 aliphatic rings. The number of benzene rings is 1. The van der Waals surface area contributed by atoms with Crippen LogP contribution in [0.25, 0.3) is 0 Å². The lowest BCUT2D eigenvalue weighted by Crippen LogP contribution is -2.18. The summed E-state index contributed by atoms with van der Waals surface area (Å²) in [4.78, 5) is 0. The van der Waals surface area contributed by atoms with Crippen LogP contribution in [0, 0.1) is 19.7 Å². The normalized spacial score (nSPS) is 12.7. The Morgan fingerprint density at radius 2 is 1.89 bits per heavy atom. The van der Waals surface area contributed by atoms with E-state index in [9.17, 15) is 4.39 Å². The first-order chi connectivity index (χ1) is 8.99. The Balaban J connectivity index is 2.04. The van der Waals surface area contributed by atoms with Crippen molar-refractivity contribution in [2.75, 3.05) is 0 Å². The average Bonchev–Trinajstić information content (AvgIpc) is 2.62. The van der Waals surface area contributed by atoms with Crippen LogP contribution in [0.5, 0.6) is 0 Å². The first-order valence-electron chi connectivity index (χ1n) is 6.47. The number of hydrogen-bond acceptors (Lipinski definition) is 2. The average molecular weight is 261 g/mol. The number of hydrogen-bond donors (Lipinski definition) is 1. The van der Waals surface area contributed by atoms with Crippen LogP contribution in [0.1, 0.15) is 35.5 Å². The highest BCUT2D eigenvalue weighted by Gasteiger charge is 2.11. The minimum absolute atomic E-state index is 0.180. The largest absolute Gasteiger partial charge is 0.306 e. The SMILES string of the molecule is Cc1nn(C)c(C)c1CN[C@@H](C)c1ccc(F)cc1. The van der Waals surface area contributed by atoms with Crippen molar-refractivity contribution in [3.8, 4) is 0 Å². The van der Waals surface area contributed by atoms with E-state index in [1.807, 2.05) is 30.8 Å². The molecule has 0 spiro atoms. The Bertz CT molecular complexity index is 558. The third-order valence-corrected chi connectivity index (χ3v) is 3.61. The predicted molar refractivity (Wildman–Crippen MR) is 74.3 cm³/mol. The van der Waals surface area contributed by atoms with Crippen molar-refractivity contribution in [2.24, 2.45) is 7.05 Å². The smallest absolute Gasteiger partial charge is 0.123 e. The van der Waals surface area contributed by atoms with Crippen LogP contribution >= 0.6 is 0 Å². The van der Waals surface area contributed by atoms with Gasteiger partial charge in [-0.25, -0.2) is 4.39 Å². The van der Waals surface area contributed by atoms with Gasteiger partial charge in [0.2, 0.25) is 0 Å².